The number of nitrogens with zero attached hydrogens (tertiary/aromatic N) is 2. The molecule has 2 aromatic rings. The number of anilines is 1. The second-order valence-electron chi connectivity index (χ2n) is 4.90. The second-order valence-corrected chi connectivity index (χ2v) is 6.79. The van der Waals surface area contributed by atoms with Gasteiger partial charge in [-0.25, -0.2) is 9.37 Å². The number of halogens is 1. The van der Waals surface area contributed by atoms with E-state index < -0.39 is 6.17 Å². The van der Waals surface area contributed by atoms with Crippen molar-refractivity contribution in [3.05, 3.63) is 40.9 Å². The van der Waals surface area contributed by atoms with Crippen LogP contribution in [0.5, 0.6) is 0 Å². The van der Waals surface area contributed by atoms with Crippen LogP contribution in [0.25, 0.3) is 0 Å². The van der Waals surface area contributed by atoms with Gasteiger partial charge >= 0.3 is 0 Å². The van der Waals surface area contributed by atoms with Crippen LogP contribution in [-0.4, -0.2) is 36.3 Å². The summed E-state index contributed by atoms with van der Waals surface area (Å²) in [4.78, 5) is 20.3. The van der Waals surface area contributed by atoms with E-state index in [4.69, 9.17) is 0 Å². The minimum atomic E-state index is -0.786. The maximum absolute atomic E-state index is 13.2. The number of hydrogen-bond acceptors (Lipinski definition) is 5. The Bertz CT molecular complexity index is 659. The van der Waals surface area contributed by atoms with Gasteiger partial charge in [0.1, 0.15) is 6.17 Å². The molecule has 0 saturated carbocycles. The first-order valence-electron chi connectivity index (χ1n) is 6.71. The molecule has 1 aromatic carbocycles. The average Bonchev–Trinajstić information content (AvgIpc) is 3.15. The highest BCUT2D eigenvalue weighted by atomic mass is 32.2. The Hall–Kier alpha value is -1.40. The molecule has 1 atom stereocenters. The standard InChI is InChI=1S/C15H15FN2OS2/c1-20-12-4-2-3-10(7-12)14(19)13-8-17-15(21-13)18-6-5-11(16)9-18/h2-4,7-8,11H,5-6,9H2,1H3. The SMILES string of the molecule is CSc1cccc(C(=O)c2cnc(N3CCC(F)C3)s2)c1. The molecule has 3 rings (SSSR count). The van der Waals surface area contributed by atoms with E-state index in [1.807, 2.05) is 35.4 Å². The lowest BCUT2D eigenvalue weighted by Gasteiger charge is -2.12. The highest BCUT2D eigenvalue weighted by Crippen LogP contribution is 2.28. The number of rotatable bonds is 4. The Kier molecular flexibility index (Phi) is 4.26. The Balaban J connectivity index is 1.80. The molecule has 0 N–H and O–H groups in total. The minimum Gasteiger partial charge on any atom is -0.345 e. The summed E-state index contributed by atoms with van der Waals surface area (Å²) in [5, 5.41) is 0.736. The monoisotopic (exact) mass is 322 g/mol. The average molecular weight is 322 g/mol. The van der Waals surface area contributed by atoms with Gasteiger partial charge in [-0.15, -0.1) is 11.8 Å². The zero-order valence-corrected chi connectivity index (χ0v) is 13.2. The van der Waals surface area contributed by atoms with Crippen molar-refractivity contribution in [3.8, 4) is 0 Å². The van der Waals surface area contributed by atoms with E-state index in [-0.39, 0.29) is 5.78 Å². The minimum absolute atomic E-state index is 0.0226. The van der Waals surface area contributed by atoms with Gasteiger partial charge in [0, 0.05) is 17.0 Å². The van der Waals surface area contributed by atoms with Crippen molar-refractivity contribution in [2.75, 3.05) is 24.2 Å². The van der Waals surface area contributed by atoms with Gasteiger partial charge in [-0.1, -0.05) is 23.5 Å². The summed E-state index contributed by atoms with van der Waals surface area (Å²) in [6.45, 7) is 1.05. The molecule has 1 aliphatic rings. The maximum Gasteiger partial charge on any atom is 0.204 e. The number of thioether (sulfide) groups is 1. The highest BCUT2D eigenvalue weighted by Gasteiger charge is 2.25. The largest absolute Gasteiger partial charge is 0.345 e. The lowest BCUT2D eigenvalue weighted by Crippen LogP contribution is -2.19. The van der Waals surface area contributed by atoms with Gasteiger partial charge in [0.2, 0.25) is 5.78 Å². The van der Waals surface area contributed by atoms with Gasteiger partial charge in [-0.2, -0.15) is 0 Å². The second kappa shape index (κ2) is 6.15. The molecule has 1 fully saturated rings. The summed E-state index contributed by atoms with van der Waals surface area (Å²) < 4.78 is 13.2. The van der Waals surface area contributed by atoms with Crippen LogP contribution < -0.4 is 4.90 Å². The molecule has 3 nitrogen and oxygen atoms in total. The summed E-state index contributed by atoms with van der Waals surface area (Å²) in [7, 11) is 0. The fourth-order valence-corrected chi connectivity index (χ4v) is 3.69. The van der Waals surface area contributed by atoms with Crippen LogP contribution in [0.1, 0.15) is 21.7 Å². The molecule has 0 bridgehead atoms. The quantitative estimate of drug-likeness (QED) is 0.635. The molecule has 1 saturated heterocycles. The predicted octanol–water partition coefficient (Wildman–Crippen LogP) is 3.64. The molecule has 1 aromatic heterocycles. The van der Waals surface area contributed by atoms with Crippen molar-refractivity contribution in [2.45, 2.75) is 17.5 Å². The van der Waals surface area contributed by atoms with Crippen LogP contribution in [0.15, 0.2) is 35.4 Å². The molecular formula is C15H15FN2OS2. The first-order valence-corrected chi connectivity index (χ1v) is 8.75. The van der Waals surface area contributed by atoms with Crippen molar-refractivity contribution >= 4 is 34.0 Å². The van der Waals surface area contributed by atoms with Gasteiger partial charge in [0.25, 0.3) is 0 Å². The molecule has 110 valence electrons. The molecule has 6 heteroatoms. The Morgan fingerprint density at radius 3 is 3.10 bits per heavy atom. The zero-order valence-electron chi connectivity index (χ0n) is 11.6. The molecule has 21 heavy (non-hydrogen) atoms. The van der Waals surface area contributed by atoms with Gasteiger partial charge < -0.3 is 4.90 Å². The van der Waals surface area contributed by atoms with Gasteiger partial charge in [-0.3, -0.25) is 4.79 Å². The van der Waals surface area contributed by atoms with Crippen molar-refractivity contribution < 1.29 is 9.18 Å². The maximum atomic E-state index is 13.2. The molecule has 0 radical (unpaired) electrons. The van der Waals surface area contributed by atoms with Crippen LogP contribution in [0.3, 0.4) is 0 Å². The number of carbonyl (C=O) groups excluding carboxylic acids is 1. The molecule has 0 amide bonds. The zero-order chi connectivity index (χ0) is 14.8. The summed E-state index contributed by atoms with van der Waals surface area (Å²) in [6, 6.07) is 7.56. The molecule has 2 heterocycles. The van der Waals surface area contributed by atoms with Crippen LogP contribution in [0, 0.1) is 0 Å². The van der Waals surface area contributed by atoms with E-state index in [1.54, 1.807) is 18.0 Å². The first-order chi connectivity index (χ1) is 10.2. The number of benzene rings is 1. The Morgan fingerprint density at radius 1 is 1.52 bits per heavy atom. The van der Waals surface area contributed by atoms with E-state index in [1.165, 1.54) is 11.3 Å². The number of ketones is 1. The molecular weight excluding hydrogens is 307 g/mol. The lowest BCUT2D eigenvalue weighted by molar-refractivity contribution is 0.104. The van der Waals surface area contributed by atoms with Crippen molar-refractivity contribution in [1.82, 2.24) is 4.98 Å². The topological polar surface area (TPSA) is 33.2 Å². The van der Waals surface area contributed by atoms with Gasteiger partial charge in [0.05, 0.1) is 17.6 Å². The molecule has 0 aliphatic carbocycles. The normalized spacial score (nSPS) is 18.2. The van der Waals surface area contributed by atoms with E-state index in [0.29, 0.717) is 30.0 Å². The third-order valence-electron chi connectivity index (χ3n) is 3.45. The number of thiazole rings is 1. The third-order valence-corrected chi connectivity index (χ3v) is 5.23. The molecule has 1 aliphatic heterocycles. The van der Waals surface area contributed by atoms with Crippen LogP contribution >= 0.6 is 23.1 Å². The number of carbonyl (C=O) groups is 1. The summed E-state index contributed by atoms with van der Waals surface area (Å²) in [6.07, 6.45) is 3.33. The fraction of sp³-hybridized carbons (Fsp3) is 0.333. The van der Waals surface area contributed by atoms with E-state index >= 15 is 0 Å². The van der Waals surface area contributed by atoms with Crippen molar-refractivity contribution in [2.24, 2.45) is 0 Å². The van der Waals surface area contributed by atoms with Crippen molar-refractivity contribution in [1.29, 1.82) is 0 Å². The van der Waals surface area contributed by atoms with Crippen LogP contribution in [0.4, 0.5) is 9.52 Å². The fourth-order valence-electron chi connectivity index (χ4n) is 2.31. The summed E-state index contributed by atoms with van der Waals surface area (Å²) in [5.74, 6) is -0.0226. The number of aromatic nitrogens is 1. The summed E-state index contributed by atoms with van der Waals surface area (Å²) >= 11 is 2.95. The highest BCUT2D eigenvalue weighted by molar-refractivity contribution is 7.98. The van der Waals surface area contributed by atoms with Crippen LogP contribution in [0.2, 0.25) is 0 Å². The van der Waals surface area contributed by atoms with E-state index in [2.05, 4.69) is 4.98 Å². The van der Waals surface area contributed by atoms with E-state index in [9.17, 15) is 9.18 Å². The van der Waals surface area contributed by atoms with Crippen molar-refractivity contribution in [3.63, 3.8) is 0 Å². The first kappa shape index (κ1) is 14.5. The molecule has 1 unspecified atom stereocenters. The molecule has 0 spiro atoms. The Labute approximate surface area is 131 Å². The third kappa shape index (κ3) is 3.11. The van der Waals surface area contributed by atoms with E-state index in [0.717, 1.165) is 10.0 Å². The van der Waals surface area contributed by atoms with Gasteiger partial charge in [-0.05, 0) is 24.8 Å². The number of alkyl halides is 1. The number of hydrogen-bond donors (Lipinski definition) is 0. The predicted molar refractivity (Wildman–Crippen MR) is 85.5 cm³/mol. The van der Waals surface area contributed by atoms with Gasteiger partial charge in [0.15, 0.2) is 5.13 Å². The smallest absolute Gasteiger partial charge is 0.204 e. The van der Waals surface area contributed by atoms with Crippen LogP contribution in [-0.2, 0) is 0 Å². The lowest BCUT2D eigenvalue weighted by atomic mass is 10.1. The summed E-state index contributed by atoms with van der Waals surface area (Å²) in [5.41, 5.74) is 0.668. The Morgan fingerprint density at radius 2 is 2.38 bits per heavy atom.